The van der Waals surface area contributed by atoms with Crippen molar-refractivity contribution in [3.05, 3.63) is 58.7 Å². The first-order chi connectivity index (χ1) is 11.8. The molecule has 1 aromatic carbocycles. The van der Waals surface area contributed by atoms with Crippen LogP contribution in [0.4, 0.5) is 19.0 Å². The van der Waals surface area contributed by atoms with Crippen LogP contribution in [0.15, 0.2) is 42.6 Å². The van der Waals surface area contributed by atoms with Gasteiger partial charge in [0.2, 0.25) is 0 Å². The molecule has 2 heterocycles. The normalized spacial score (nSPS) is 20.7. The summed E-state index contributed by atoms with van der Waals surface area (Å²) in [6.07, 6.45) is -3.48. The summed E-state index contributed by atoms with van der Waals surface area (Å²) in [6.45, 7) is 2.44. The van der Waals surface area contributed by atoms with Gasteiger partial charge in [0.25, 0.3) is 0 Å². The van der Waals surface area contributed by atoms with E-state index < -0.39 is 11.7 Å². The average molecular weight is 370 g/mol. The number of nitrogens with zero attached hydrogens (tertiary/aromatic N) is 2. The highest BCUT2D eigenvalue weighted by molar-refractivity contribution is 6.30. The summed E-state index contributed by atoms with van der Waals surface area (Å²) < 4.78 is 37.9. The fraction of sp³-hybridized carbons (Fsp3) is 0.389. The van der Waals surface area contributed by atoms with Gasteiger partial charge in [-0.1, -0.05) is 23.7 Å². The van der Waals surface area contributed by atoms with Gasteiger partial charge in [-0.3, -0.25) is 0 Å². The number of alkyl halides is 3. The molecule has 2 atom stereocenters. The molecule has 2 aromatic rings. The summed E-state index contributed by atoms with van der Waals surface area (Å²) in [5.41, 5.74) is 0.486. The molecular weight excluding hydrogens is 351 g/mol. The molecule has 1 aliphatic heterocycles. The fourth-order valence-electron chi connectivity index (χ4n) is 3.25. The number of benzene rings is 1. The quantitative estimate of drug-likeness (QED) is 0.875. The van der Waals surface area contributed by atoms with E-state index in [0.29, 0.717) is 29.2 Å². The maximum Gasteiger partial charge on any atom is 0.417 e. The predicted molar refractivity (Wildman–Crippen MR) is 93.1 cm³/mol. The molecule has 1 saturated heterocycles. The van der Waals surface area contributed by atoms with Gasteiger partial charge in [-0.2, -0.15) is 13.2 Å². The van der Waals surface area contributed by atoms with E-state index in [1.807, 2.05) is 36.2 Å². The Balaban J connectivity index is 1.69. The van der Waals surface area contributed by atoms with Crippen molar-refractivity contribution in [1.82, 2.24) is 10.3 Å². The molecule has 1 N–H and O–H groups in total. The summed E-state index contributed by atoms with van der Waals surface area (Å²) >= 11 is 5.95. The molecule has 0 amide bonds. The summed E-state index contributed by atoms with van der Waals surface area (Å²) in [7, 11) is 1.85. The van der Waals surface area contributed by atoms with E-state index in [4.69, 9.17) is 11.6 Å². The molecule has 7 heteroatoms. The van der Waals surface area contributed by atoms with Gasteiger partial charge < -0.3 is 10.2 Å². The van der Waals surface area contributed by atoms with Crippen LogP contribution in [0.5, 0.6) is 0 Å². The van der Waals surface area contributed by atoms with Crippen molar-refractivity contribution in [2.24, 2.45) is 5.92 Å². The predicted octanol–water partition coefficient (Wildman–Crippen LogP) is 4.19. The first-order valence-electron chi connectivity index (χ1n) is 8.05. The lowest BCUT2D eigenvalue weighted by atomic mass is 9.88. The number of anilines is 1. The number of aromatic nitrogens is 1. The molecule has 134 valence electrons. The molecular formula is C18H19ClF3N3. The summed E-state index contributed by atoms with van der Waals surface area (Å²) in [4.78, 5) is 5.87. The van der Waals surface area contributed by atoms with Gasteiger partial charge in [0.05, 0.1) is 5.56 Å². The molecule has 3 nitrogen and oxygen atoms in total. The Hall–Kier alpha value is -1.79. The number of hydrogen-bond donors (Lipinski definition) is 1. The Morgan fingerprint density at radius 1 is 1.16 bits per heavy atom. The first kappa shape index (κ1) is 18.0. The van der Waals surface area contributed by atoms with Crippen LogP contribution in [0.3, 0.4) is 0 Å². The Morgan fingerprint density at radius 2 is 1.88 bits per heavy atom. The average Bonchev–Trinajstić information content (AvgIpc) is 3.03. The molecule has 1 fully saturated rings. The first-order valence-corrected chi connectivity index (χ1v) is 8.43. The van der Waals surface area contributed by atoms with Crippen molar-refractivity contribution in [3.63, 3.8) is 0 Å². The number of nitrogens with one attached hydrogen (secondary N) is 1. The molecule has 0 spiro atoms. The van der Waals surface area contributed by atoms with E-state index in [-0.39, 0.29) is 0 Å². The number of pyridine rings is 1. The van der Waals surface area contributed by atoms with Crippen molar-refractivity contribution in [2.75, 3.05) is 31.6 Å². The second-order valence-electron chi connectivity index (χ2n) is 6.36. The summed E-state index contributed by atoms with van der Waals surface area (Å²) in [5, 5.41) is 4.10. The molecule has 0 aliphatic carbocycles. The SMILES string of the molecule is CN(C[C@H]1CNC[C@@H]1c1ccc(Cl)cc1)c1ccc(C(F)(F)F)cn1. The maximum atomic E-state index is 12.6. The molecule has 3 rings (SSSR count). The second-order valence-corrected chi connectivity index (χ2v) is 6.80. The molecule has 25 heavy (non-hydrogen) atoms. The Kier molecular flexibility index (Phi) is 5.20. The Labute approximate surface area is 149 Å². The van der Waals surface area contributed by atoms with Crippen LogP contribution in [-0.4, -0.2) is 31.7 Å². The van der Waals surface area contributed by atoms with Crippen LogP contribution in [0.1, 0.15) is 17.0 Å². The van der Waals surface area contributed by atoms with Crippen LogP contribution in [0.25, 0.3) is 0 Å². The van der Waals surface area contributed by atoms with Gasteiger partial charge >= 0.3 is 6.18 Å². The molecule has 0 saturated carbocycles. The summed E-state index contributed by atoms with van der Waals surface area (Å²) in [5.74, 6) is 1.22. The highest BCUT2D eigenvalue weighted by Crippen LogP contribution is 2.31. The maximum absolute atomic E-state index is 12.6. The molecule has 1 aromatic heterocycles. The van der Waals surface area contributed by atoms with Crippen LogP contribution >= 0.6 is 11.6 Å². The Bertz CT molecular complexity index is 701. The van der Waals surface area contributed by atoms with Crippen LogP contribution in [-0.2, 0) is 6.18 Å². The van der Waals surface area contributed by atoms with Crippen LogP contribution in [0.2, 0.25) is 5.02 Å². The van der Waals surface area contributed by atoms with Crippen molar-refractivity contribution in [2.45, 2.75) is 12.1 Å². The summed E-state index contributed by atoms with van der Waals surface area (Å²) in [6, 6.07) is 10.3. The third-order valence-electron chi connectivity index (χ3n) is 4.61. The van der Waals surface area contributed by atoms with Crippen molar-refractivity contribution in [1.29, 1.82) is 0 Å². The van der Waals surface area contributed by atoms with E-state index in [0.717, 1.165) is 25.4 Å². The van der Waals surface area contributed by atoms with Gasteiger partial charge in [0, 0.05) is 43.8 Å². The molecule has 1 aliphatic rings. The molecule has 0 unspecified atom stereocenters. The second kappa shape index (κ2) is 7.22. The lowest BCUT2D eigenvalue weighted by Gasteiger charge is -2.26. The van der Waals surface area contributed by atoms with Gasteiger partial charge in [-0.25, -0.2) is 4.98 Å². The lowest BCUT2D eigenvalue weighted by molar-refractivity contribution is -0.137. The van der Waals surface area contributed by atoms with Crippen molar-refractivity contribution < 1.29 is 13.2 Å². The monoisotopic (exact) mass is 369 g/mol. The van der Waals surface area contributed by atoms with E-state index in [2.05, 4.69) is 10.3 Å². The largest absolute Gasteiger partial charge is 0.417 e. The number of hydrogen-bond acceptors (Lipinski definition) is 3. The number of rotatable bonds is 4. The highest BCUT2D eigenvalue weighted by atomic mass is 35.5. The van der Waals surface area contributed by atoms with E-state index in [1.165, 1.54) is 11.6 Å². The van der Waals surface area contributed by atoms with Crippen LogP contribution in [0, 0.1) is 5.92 Å². The minimum absolute atomic E-state index is 0.342. The van der Waals surface area contributed by atoms with Crippen molar-refractivity contribution in [3.8, 4) is 0 Å². The van der Waals surface area contributed by atoms with E-state index in [9.17, 15) is 13.2 Å². The third kappa shape index (κ3) is 4.25. The number of halogens is 4. The Morgan fingerprint density at radius 3 is 2.48 bits per heavy atom. The standard InChI is InChI=1S/C18H19ClF3N3/c1-25(17-7-4-14(9-24-17)18(20,21)22)11-13-8-23-10-16(13)12-2-5-15(19)6-3-12/h2-7,9,13,16,23H,8,10-11H2,1H3/t13-,16-/m1/s1. The minimum Gasteiger partial charge on any atom is -0.359 e. The van der Waals surface area contributed by atoms with E-state index >= 15 is 0 Å². The molecule has 0 bridgehead atoms. The highest BCUT2D eigenvalue weighted by Gasteiger charge is 2.32. The minimum atomic E-state index is -4.36. The van der Waals surface area contributed by atoms with Gasteiger partial charge in [-0.15, -0.1) is 0 Å². The zero-order chi connectivity index (χ0) is 18.0. The third-order valence-corrected chi connectivity index (χ3v) is 4.86. The molecule has 0 radical (unpaired) electrons. The smallest absolute Gasteiger partial charge is 0.359 e. The van der Waals surface area contributed by atoms with Gasteiger partial charge in [0.1, 0.15) is 5.82 Å². The van der Waals surface area contributed by atoms with E-state index in [1.54, 1.807) is 0 Å². The zero-order valence-corrected chi connectivity index (χ0v) is 14.5. The van der Waals surface area contributed by atoms with Gasteiger partial charge in [-0.05, 0) is 35.7 Å². The lowest BCUT2D eigenvalue weighted by Crippen LogP contribution is -2.29. The van der Waals surface area contributed by atoms with Gasteiger partial charge in [0.15, 0.2) is 0 Å². The zero-order valence-electron chi connectivity index (χ0n) is 13.7. The van der Waals surface area contributed by atoms with Crippen molar-refractivity contribution >= 4 is 17.4 Å². The topological polar surface area (TPSA) is 28.2 Å². The fourth-order valence-corrected chi connectivity index (χ4v) is 3.38. The van der Waals surface area contributed by atoms with Crippen LogP contribution < -0.4 is 10.2 Å².